The molecule has 1 heterocycles. The third-order valence-electron chi connectivity index (χ3n) is 3.01. The molecular weight excluding hydrogens is 272 g/mol. The van der Waals surface area contributed by atoms with Crippen LogP contribution in [0.15, 0.2) is 82.3 Å². The molecule has 0 amide bonds. The minimum atomic E-state index is 0.835. The summed E-state index contributed by atoms with van der Waals surface area (Å²) in [6.07, 6.45) is 14.8. The van der Waals surface area contributed by atoms with Crippen LogP contribution >= 0.6 is 0 Å². The zero-order valence-electron chi connectivity index (χ0n) is 12.8. The van der Waals surface area contributed by atoms with Gasteiger partial charge in [-0.3, -0.25) is 9.98 Å². The molecule has 0 spiro atoms. The fourth-order valence-electron chi connectivity index (χ4n) is 1.92. The highest BCUT2D eigenvalue weighted by atomic mass is 14.9. The van der Waals surface area contributed by atoms with Gasteiger partial charge in [0.05, 0.1) is 22.8 Å². The quantitative estimate of drug-likeness (QED) is 0.739. The summed E-state index contributed by atoms with van der Waals surface area (Å²) < 4.78 is 0. The summed E-state index contributed by atoms with van der Waals surface area (Å²) in [7, 11) is 0. The van der Waals surface area contributed by atoms with E-state index in [4.69, 9.17) is 0 Å². The number of allylic oxidation sites excluding steroid dienone is 4. The molecule has 0 fully saturated rings. The molecule has 0 saturated heterocycles. The van der Waals surface area contributed by atoms with E-state index in [1.165, 1.54) is 0 Å². The second-order valence-corrected chi connectivity index (χ2v) is 4.46. The zero-order valence-corrected chi connectivity index (χ0v) is 12.8. The van der Waals surface area contributed by atoms with Crippen LogP contribution in [0.25, 0.3) is 0 Å². The maximum absolute atomic E-state index is 4.43. The van der Waals surface area contributed by atoms with Crippen molar-refractivity contribution in [2.24, 2.45) is 9.98 Å². The van der Waals surface area contributed by atoms with E-state index >= 15 is 0 Å². The van der Waals surface area contributed by atoms with Crippen LogP contribution in [0.2, 0.25) is 0 Å². The van der Waals surface area contributed by atoms with Gasteiger partial charge >= 0.3 is 0 Å². The number of benzene rings is 1. The molecule has 112 valence electrons. The summed E-state index contributed by atoms with van der Waals surface area (Å²) in [6.45, 7) is 3.90. The van der Waals surface area contributed by atoms with Crippen LogP contribution in [0, 0.1) is 0 Å². The lowest BCUT2D eigenvalue weighted by molar-refractivity contribution is 1.23. The highest BCUT2D eigenvalue weighted by Crippen LogP contribution is 2.20. The number of rotatable bonds is 0. The molecule has 0 saturated carbocycles. The molecule has 22 heavy (non-hydrogen) atoms. The molecule has 0 atom stereocenters. The van der Waals surface area contributed by atoms with Crippen LogP contribution in [-0.4, -0.2) is 12.4 Å². The van der Waals surface area contributed by atoms with E-state index in [1.54, 1.807) is 12.4 Å². The molecule has 0 aromatic heterocycles. The van der Waals surface area contributed by atoms with Gasteiger partial charge in [-0.15, -0.1) is 0 Å². The lowest BCUT2D eigenvalue weighted by Gasteiger charge is -2.08. The molecule has 1 aromatic rings. The van der Waals surface area contributed by atoms with Gasteiger partial charge in [0, 0.05) is 24.8 Å². The number of anilines is 2. The third-order valence-corrected chi connectivity index (χ3v) is 3.01. The largest absolute Gasteiger partial charge is 0.360 e. The van der Waals surface area contributed by atoms with Gasteiger partial charge in [-0.25, -0.2) is 0 Å². The minimum Gasteiger partial charge on any atom is -0.360 e. The summed E-state index contributed by atoms with van der Waals surface area (Å²) in [5, 5.41) is 6.48. The molecule has 0 radical (unpaired) electrons. The van der Waals surface area contributed by atoms with E-state index in [1.807, 2.05) is 74.8 Å². The van der Waals surface area contributed by atoms with Gasteiger partial charge in [0.15, 0.2) is 0 Å². The molecule has 4 nitrogen and oxygen atoms in total. The maximum Gasteiger partial charge on any atom is 0.0840 e. The zero-order chi connectivity index (χ0) is 15.6. The Bertz CT molecular complexity index is 617. The first-order valence-electron chi connectivity index (χ1n) is 7.18. The molecule has 2 N–H and O–H groups in total. The molecule has 1 aromatic carbocycles. The van der Waals surface area contributed by atoms with Gasteiger partial charge in [0.2, 0.25) is 0 Å². The minimum absolute atomic E-state index is 0.835. The number of aliphatic imine (C=N–C) groups is 2. The predicted molar refractivity (Wildman–Crippen MR) is 96.5 cm³/mol. The number of fused-ring (bicyclic) bond motifs is 1. The monoisotopic (exact) mass is 292 g/mol. The number of hydrogen-bond acceptors (Lipinski definition) is 4. The van der Waals surface area contributed by atoms with Crippen molar-refractivity contribution in [3.8, 4) is 0 Å². The third kappa shape index (κ3) is 4.31. The van der Waals surface area contributed by atoms with Crippen molar-refractivity contribution in [1.29, 1.82) is 0 Å². The maximum atomic E-state index is 4.43. The van der Waals surface area contributed by atoms with Gasteiger partial charge in [-0.05, 0) is 38.1 Å². The first-order valence-corrected chi connectivity index (χ1v) is 7.18. The van der Waals surface area contributed by atoms with E-state index in [0.29, 0.717) is 0 Å². The highest BCUT2D eigenvalue weighted by Gasteiger charge is 1.99. The van der Waals surface area contributed by atoms with Crippen LogP contribution < -0.4 is 10.6 Å². The fraction of sp³-hybridized carbons (Fsp3) is 0.111. The highest BCUT2D eigenvalue weighted by molar-refractivity contribution is 5.78. The second kappa shape index (κ2) is 8.42. The Kier molecular flexibility index (Phi) is 5.93. The van der Waals surface area contributed by atoms with E-state index < -0.39 is 0 Å². The first kappa shape index (κ1) is 15.5. The molecule has 0 unspecified atom stereocenters. The molecule has 1 aliphatic heterocycles. The average Bonchev–Trinajstić information content (AvgIpc) is 2.56. The van der Waals surface area contributed by atoms with Crippen molar-refractivity contribution in [2.75, 3.05) is 10.6 Å². The topological polar surface area (TPSA) is 48.8 Å². The van der Waals surface area contributed by atoms with Gasteiger partial charge in [-0.1, -0.05) is 24.3 Å². The molecule has 4 heteroatoms. The molecule has 0 aliphatic carbocycles. The Hall–Kier alpha value is -2.88. The van der Waals surface area contributed by atoms with E-state index in [2.05, 4.69) is 20.6 Å². The number of para-hydroxylation sites is 2. The van der Waals surface area contributed by atoms with Crippen molar-refractivity contribution < 1.29 is 0 Å². The SMILES string of the molecule is C/C=C1/N=C\C=C/Nc2ccccc2N\C=C/C=N/C1=C/C. The van der Waals surface area contributed by atoms with E-state index in [0.717, 1.165) is 22.8 Å². The first-order chi connectivity index (χ1) is 10.8. The molecular formula is C18H20N4. The summed E-state index contributed by atoms with van der Waals surface area (Å²) in [5.41, 5.74) is 3.65. The normalized spacial score (nSPS) is 24.5. The van der Waals surface area contributed by atoms with Crippen LogP contribution in [0.4, 0.5) is 11.4 Å². The van der Waals surface area contributed by atoms with E-state index in [-0.39, 0.29) is 0 Å². The lowest BCUT2D eigenvalue weighted by atomic mass is 10.2. The van der Waals surface area contributed by atoms with Crippen molar-refractivity contribution in [3.05, 3.63) is 72.4 Å². The van der Waals surface area contributed by atoms with Crippen molar-refractivity contribution in [2.45, 2.75) is 13.8 Å². The van der Waals surface area contributed by atoms with Crippen molar-refractivity contribution in [1.82, 2.24) is 0 Å². The molecule has 0 bridgehead atoms. The van der Waals surface area contributed by atoms with Gasteiger partial charge < -0.3 is 10.6 Å². The van der Waals surface area contributed by atoms with Gasteiger partial charge in [0.1, 0.15) is 0 Å². The van der Waals surface area contributed by atoms with Crippen LogP contribution in [0.3, 0.4) is 0 Å². The van der Waals surface area contributed by atoms with Gasteiger partial charge in [-0.2, -0.15) is 0 Å². The van der Waals surface area contributed by atoms with E-state index in [9.17, 15) is 0 Å². The Labute approximate surface area is 131 Å². The Morgan fingerprint density at radius 1 is 0.773 bits per heavy atom. The fourth-order valence-corrected chi connectivity index (χ4v) is 1.92. The van der Waals surface area contributed by atoms with Crippen LogP contribution in [0.1, 0.15) is 13.8 Å². The summed E-state index contributed by atoms with van der Waals surface area (Å²) in [6, 6.07) is 7.99. The molecule has 1 aliphatic rings. The Morgan fingerprint density at radius 3 is 1.64 bits per heavy atom. The second-order valence-electron chi connectivity index (χ2n) is 4.46. The van der Waals surface area contributed by atoms with Crippen LogP contribution in [0.5, 0.6) is 0 Å². The standard InChI is InChI=1S/C18H20N4/c1-3-15-16(4-2)20-12-8-14-22-18-10-6-5-9-17(18)21-13-7-11-19-15/h3-14,21-22H,1-2H3/b13-7-,14-8-,15-3+,16-4+,19-11-,20-12+. The van der Waals surface area contributed by atoms with Crippen molar-refractivity contribution >= 4 is 23.8 Å². The number of nitrogens with one attached hydrogen (secondary N) is 2. The summed E-state index contributed by atoms with van der Waals surface area (Å²) in [5.74, 6) is 0. The predicted octanol–water partition coefficient (Wildman–Crippen LogP) is 4.50. The van der Waals surface area contributed by atoms with Gasteiger partial charge in [0.25, 0.3) is 0 Å². The molecule has 2 rings (SSSR count). The summed E-state index contributed by atoms with van der Waals surface area (Å²) in [4.78, 5) is 8.85. The number of hydrogen-bond donors (Lipinski definition) is 2. The van der Waals surface area contributed by atoms with Crippen molar-refractivity contribution in [3.63, 3.8) is 0 Å². The Balaban J connectivity index is 2.32. The summed E-state index contributed by atoms with van der Waals surface area (Å²) >= 11 is 0. The average molecular weight is 292 g/mol. The van der Waals surface area contributed by atoms with Crippen LogP contribution in [-0.2, 0) is 0 Å². The lowest BCUT2D eigenvalue weighted by Crippen LogP contribution is -1.95. The Morgan fingerprint density at radius 2 is 1.23 bits per heavy atom. The smallest absolute Gasteiger partial charge is 0.0840 e. The number of nitrogens with zero attached hydrogens (tertiary/aromatic N) is 2.